The fraction of sp³-hybridized carbons (Fsp3) is 0.667. The average Bonchev–Trinajstić information content (AvgIpc) is 2.90. The summed E-state index contributed by atoms with van der Waals surface area (Å²) in [5, 5.41) is 0. The second kappa shape index (κ2) is 5.42. The van der Waals surface area contributed by atoms with E-state index in [2.05, 4.69) is 0 Å². The van der Waals surface area contributed by atoms with Crippen molar-refractivity contribution in [2.75, 3.05) is 26.0 Å². The van der Waals surface area contributed by atoms with Gasteiger partial charge in [0.1, 0.15) is 11.5 Å². The molecule has 0 spiro atoms. The minimum absolute atomic E-state index is 0.121. The third kappa shape index (κ3) is 3.34. The summed E-state index contributed by atoms with van der Waals surface area (Å²) in [4.78, 5) is 0. The normalized spacial score (nSPS) is 20.7. The Morgan fingerprint density at radius 2 is 2.22 bits per heavy atom. The van der Waals surface area contributed by atoms with E-state index < -0.39 is 10.0 Å². The highest BCUT2D eigenvalue weighted by molar-refractivity contribution is 7.89. The molecule has 5 nitrogen and oxygen atoms in total. The Hall–Kier alpha value is -0.850. The lowest BCUT2D eigenvalue weighted by atomic mass is 10.2. The molecule has 0 saturated carbocycles. The summed E-state index contributed by atoms with van der Waals surface area (Å²) in [5.74, 6) is 1.74. The van der Waals surface area contributed by atoms with Crippen LogP contribution in [0, 0.1) is 12.8 Å². The van der Waals surface area contributed by atoms with Gasteiger partial charge in [-0.1, -0.05) is 0 Å². The maximum absolute atomic E-state index is 12.1. The van der Waals surface area contributed by atoms with Gasteiger partial charge < -0.3 is 9.15 Å². The fourth-order valence-corrected chi connectivity index (χ4v) is 3.46. The monoisotopic (exact) mass is 273 g/mol. The summed E-state index contributed by atoms with van der Waals surface area (Å²) in [7, 11) is -1.65. The molecule has 1 aliphatic rings. The first kappa shape index (κ1) is 13.6. The van der Waals surface area contributed by atoms with Crippen LogP contribution in [0.25, 0.3) is 0 Å². The van der Waals surface area contributed by atoms with Gasteiger partial charge in [0, 0.05) is 13.7 Å². The molecule has 0 amide bonds. The van der Waals surface area contributed by atoms with Crippen molar-refractivity contribution >= 4 is 10.0 Å². The van der Waals surface area contributed by atoms with Crippen LogP contribution in [0.1, 0.15) is 17.9 Å². The van der Waals surface area contributed by atoms with Gasteiger partial charge in [0.2, 0.25) is 10.0 Å². The number of hydrogen-bond acceptors (Lipinski definition) is 4. The van der Waals surface area contributed by atoms with Crippen molar-refractivity contribution in [1.29, 1.82) is 0 Å². The minimum Gasteiger partial charge on any atom is -0.465 e. The Morgan fingerprint density at radius 3 is 2.78 bits per heavy atom. The van der Waals surface area contributed by atoms with Crippen LogP contribution in [0.3, 0.4) is 0 Å². The van der Waals surface area contributed by atoms with Gasteiger partial charge in [-0.3, -0.25) is 0 Å². The molecular weight excluding hydrogens is 254 g/mol. The molecule has 0 unspecified atom stereocenters. The summed E-state index contributed by atoms with van der Waals surface area (Å²) in [6.45, 7) is 3.34. The predicted octanol–water partition coefficient (Wildman–Crippen LogP) is 1.39. The molecule has 0 bridgehead atoms. The second-order valence-electron chi connectivity index (χ2n) is 4.78. The van der Waals surface area contributed by atoms with E-state index in [0.717, 1.165) is 12.2 Å². The van der Waals surface area contributed by atoms with E-state index in [4.69, 9.17) is 9.15 Å². The van der Waals surface area contributed by atoms with Crippen LogP contribution in [0.15, 0.2) is 16.5 Å². The molecule has 0 aliphatic carbocycles. The van der Waals surface area contributed by atoms with Crippen molar-refractivity contribution in [3.8, 4) is 0 Å². The van der Waals surface area contributed by atoms with Crippen LogP contribution in [-0.4, -0.2) is 38.7 Å². The first-order valence-corrected chi connectivity index (χ1v) is 7.65. The van der Waals surface area contributed by atoms with Gasteiger partial charge in [0.15, 0.2) is 0 Å². The van der Waals surface area contributed by atoms with E-state index in [9.17, 15) is 8.42 Å². The maximum Gasteiger partial charge on any atom is 0.214 e. The van der Waals surface area contributed by atoms with Crippen LogP contribution in [0.4, 0.5) is 0 Å². The predicted molar refractivity (Wildman–Crippen MR) is 67.6 cm³/mol. The lowest BCUT2D eigenvalue weighted by molar-refractivity contribution is 0.188. The van der Waals surface area contributed by atoms with Gasteiger partial charge in [-0.25, -0.2) is 8.42 Å². The van der Waals surface area contributed by atoms with E-state index in [-0.39, 0.29) is 18.2 Å². The topological polar surface area (TPSA) is 59.8 Å². The van der Waals surface area contributed by atoms with Crippen molar-refractivity contribution in [3.63, 3.8) is 0 Å². The first-order chi connectivity index (χ1) is 8.47. The Labute approximate surface area is 108 Å². The fourth-order valence-electron chi connectivity index (χ4n) is 2.03. The third-order valence-electron chi connectivity index (χ3n) is 3.12. The van der Waals surface area contributed by atoms with Crippen molar-refractivity contribution in [3.05, 3.63) is 23.7 Å². The van der Waals surface area contributed by atoms with E-state index in [1.165, 1.54) is 4.31 Å². The Morgan fingerprint density at radius 1 is 1.44 bits per heavy atom. The molecule has 0 radical (unpaired) electrons. The second-order valence-corrected chi connectivity index (χ2v) is 6.90. The van der Waals surface area contributed by atoms with Crippen molar-refractivity contribution in [2.45, 2.75) is 19.9 Å². The standard InChI is InChI=1S/C12H19NO4S/c1-10-3-4-12(17-10)7-13(2)18(14,15)9-11-5-6-16-8-11/h3-4,11H,5-9H2,1-2H3/t11-/m1/s1. The van der Waals surface area contributed by atoms with Crippen molar-refractivity contribution in [2.24, 2.45) is 5.92 Å². The highest BCUT2D eigenvalue weighted by atomic mass is 32.2. The number of ether oxygens (including phenoxy) is 1. The maximum atomic E-state index is 12.1. The molecule has 1 aromatic heterocycles. The Balaban J connectivity index is 1.96. The third-order valence-corrected chi connectivity index (χ3v) is 5.09. The van der Waals surface area contributed by atoms with Crippen molar-refractivity contribution in [1.82, 2.24) is 4.31 Å². The van der Waals surface area contributed by atoms with Crippen LogP contribution >= 0.6 is 0 Å². The summed E-state index contributed by atoms with van der Waals surface area (Å²) < 4.78 is 36.2. The molecule has 0 N–H and O–H groups in total. The van der Waals surface area contributed by atoms with Crippen LogP contribution in [0.5, 0.6) is 0 Å². The van der Waals surface area contributed by atoms with Crippen LogP contribution in [0.2, 0.25) is 0 Å². The van der Waals surface area contributed by atoms with Gasteiger partial charge in [-0.2, -0.15) is 4.31 Å². The number of aryl methyl sites for hydroxylation is 1. The average molecular weight is 273 g/mol. The van der Waals surface area contributed by atoms with Gasteiger partial charge >= 0.3 is 0 Å². The first-order valence-electron chi connectivity index (χ1n) is 6.04. The van der Waals surface area contributed by atoms with Gasteiger partial charge in [-0.05, 0) is 31.4 Å². The highest BCUT2D eigenvalue weighted by Gasteiger charge is 2.26. The molecule has 2 heterocycles. The Bertz CT molecular complexity index is 488. The van der Waals surface area contributed by atoms with E-state index in [1.807, 2.05) is 13.0 Å². The summed E-state index contributed by atoms with van der Waals surface area (Å²) in [6, 6.07) is 3.64. The SMILES string of the molecule is Cc1ccc(CN(C)S(=O)(=O)C[C@@H]2CCOC2)o1. The van der Waals surface area contributed by atoms with E-state index >= 15 is 0 Å². The zero-order valence-corrected chi connectivity index (χ0v) is 11.6. The number of sulfonamides is 1. The molecule has 1 saturated heterocycles. The molecule has 1 aromatic rings. The van der Waals surface area contributed by atoms with Crippen LogP contribution < -0.4 is 0 Å². The molecule has 0 aromatic carbocycles. The number of nitrogens with zero attached hydrogens (tertiary/aromatic N) is 1. The molecular formula is C12H19NO4S. The highest BCUT2D eigenvalue weighted by Crippen LogP contribution is 2.18. The smallest absolute Gasteiger partial charge is 0.214 e. The van der Waals surface area contributed by atoms with Crippen LogP contribution in [-0.2, 0) is 21.3 Å². The lowest BCUT2D eigenvalue weighted by Gasteiger charge is -2.17. The molecule has 6 heteroatoms. The largest absolute Gasteiger partial charge is 0.465 e. The Kier molecular flexibility index (Phi) is 4.09. The summed E-state index contributed by atoms with van der Waals surface area (Å²) in [5.41, 5.74) is 0. The summed E-state index contributed by atoms with van der Waals surface area (Å²) in [6.07, 6.45) is 0.826. The number of rotatable bonds is 5. The van der Waals surface area contributed by atoms with Gasteiger partial charge in [0.25, 0.3) is 0 Å². The van der Waals surface area contributed by atoms with Gasteiger partial charge in [-0.15, -0.1) is 0 Å². The zero-order chi connectivity index (χ0) is 13.2. The van der Waals surface area contributed by atoms with Crippen molar-refractivity contribution < 1.29 is 17.6 Å². The quantitative estimate of drug-likeness (QED) is 0.813. The molecule has 1 fully saturated rings. The molecule has 2 rings (SSSR count). The molecule has 102 valence electrons. The van der Waals surface area contributed by atoms with Gasteiger partial charge in [0.05, 0.1) is 18.9 Å². The zero-order valence-electron chi connectivity index (χ0n) is 10.8. The number of hydrogen-bond donors (Lipinski definition) is 0. The van der Waals surface area contributed by atoms with E-state index in [0.29, 0.717) is 19.0 Å². The van der Waals surface area contributed by atoms with E-state index in [1.54, 1.807) is 13.1 Å². The lowest BCUT2D eigenvalue weighted by Crippen LogP contribution is -2.31. The molecule has 1 atom stereocenters. The molecule has 18 heavy (non-hydrogen) atoms. The number of furan rings is 1. The minimum atomic E-state index is -3.24. The molecule has 1 aliphatic heterocycles. The summed E-state index contributed by atoms with van der Waals surface area (Å²) >= 11 is 0.